The van der Waals surface area contributed by atoms with Crippen molar-refractivity contribution < 1.29 is 57.2 Å². The summed E-state index contributed by atoms with van der Waals surface area (Å²) in [6.45, 7) is 66.6. The monoisotopic (exact) mass is 1460 g/mol. The molecule has 6 aromatic rings. The highest BCUT2D eigenvalue weighted by molar-refractivity contribution is 6.68. The predicted molar refractivity (Wildman–Crippen MR) is 440 cm³/mol. The topological polar surface area (TPSA) is 271 Å². The normalized spacial score (nSPS) is 16.6. The Balaban J connectivity index is 0.000000253. The summed E-state index contributed by atoms with van der Waals surface area (Å²) in [4.78, 5) is 17.0. The molecular weight excluding hydrogens is 1330 g/mol. The van der Waals surface area contributed by atoms with Crippen LogP contribution < -0.4 is 26.0 Å². The van der Waals surface area contributed by atoms with Crippen molar-refractivity contribution >= 4 is 66.0 Å². The first kappa shape index (κ1) is 92.2. The summed E-state index contributed by atoms with van der Waals surface area (Å²) in [5, 5.41) is 53.6. The lowest BCUT2D eigenvalue weighted by Crippen LogP contribution is -2.27. The Kier molecular flexibility index (Phi) is 32.6. The summed E-state index contributed by atoms with van der Waals surface area (Å²) in [5.74, 6) is 3.42. The van der Waals surface area contributed by atoms with E-state index >= 15 is 0 Å². The van der Waals surface area contributed by atoms with E-state index in [4.69, 9.17) is 42.6 Å². The van der Waals surface area contributed by atoms with Gasteiger partial charge in [-0.2, -0.15) is 5.21 Å². The van der Waals surface area contributed by atoms with Gasteiger partial charge in [0.25, 0.3) is 0 Å². The van der Waals surface area contributed by atoms with Crippen molar-refractivity contribution in [3.05, 3.63) is 151 Å². The number of rotatable bonds is 0. The lowest BCUT2D eigenvalue weighted by atomic mass is 9.63. The van der Waals surface area contributed by atoms with Gasteiger partial charge in [-0.1, -0.05) is 285 Å². The summed E-state index contributed by atoms with van der Waals surface area (Å²) in [6.07, 6.45) is 6.02. The quantitative estimate of drug-likeness (QED) is 0.0772. The van der Waals surface area contributed by atoms with Crippen LogP contribution >= 0.6 is 0 Å². The van der Waals surface area contributed by atoms with Crippen LogP contribution in [0.25, 0.3) is 0 Å². The summed E-state index contributed by atoms with van der Waals surface area (Å²) in [7, 11) is -2.54. The highest BCUT2D eigenvalue weighted by Crippen LogP contribution is 2.36. The Morgan fingerprint density at radius 1 is 0.500 bits per heavy atom. The number of H-pyrrole nitrogens is 2. The average Bonchev–Trinajstić information content (AvgIpc) is 1.66. The van der Waals surface area contributed by atoms with E-state index in [0.29, 0.717) is 38.0 Å². The van der Waals surface area contributed by atoms with Gasteiger partial charge in [0.1, 0.15) is 11.5 Å². The van der Waals surface area contributed by atoms with E-state index in [0.717, 1.165) is 60.6 Å². The van der Waals surface area contributed by atoms with E-state index < -0.39 is 34.2 Å². The number of allylic oxidation sites excluding steroid dienone is 1. The fourth-order valence-corrected chi connectivity index (χ4v) is 11.5. The molecule has 1 unspecified atom stereocenters. The van der Waals surface area contributed by atoms with Crippen LogP contribution in [0.15, 0.2) is 98.7 Å². The van der Waals surface area contributed by atoms with Crippen LogP contribution in [0.3, 0.4) is 0 Å². The maximum Gasteiger partial charge on any atom is 0.546 e. The second-order valence-corrected chi connectivity index (χ2v) is 37.6. The second-order valence-electron chi connectivity index (χ2n) is 37.6. The molecule has 1 fully saturated rings. The number of aromatic nitrogens is 6. The molecule has 6 N–H and O–H groups in total. The molecule has 0 saturated carbocycles. The minimum atomic E-state index is -0.714. The zero-order valence-electron chi connectivity index (χ0n) is 69.5. The molecule has 0 bridgehead atoms. The average molecular weight is 1460 g/mol. The van der Waals surface area contributed by atoms with Crippen molar-refractivity contribution in [3.63, 3.8) is 0 Å². The van der Waals surface area contributed by atoms with Crippen LogP contribution in [0.1, 0.15) is 257 Å². The Morgan fingerprint density at radius 3 is 1.38 bits per heavy atom. The summed E-state index contributed by atoms with van der Waals surface area (Å²) < 4.78 is 41.8. The molecule has 20 nitrogen and oxygen atoms in total. The van der Waals surface area contributed by atoms with Crippen molar-refractivity contribution in [1.29, 1.82) is 0 Å². The Labute approximate surface area is 639 Å². The highest BCUT2D eigenvalue weighted by atomic mass is 16.5. The standard InChI is InChI=1S/3C12H17BO.C11H15BO2.C7H13BO2.C7H15BO2.C6H12BNO2.C6H10N2O2.C5H10N4.CH4/c1-12(2,3)10-5-6-11-9(7-10)8-14-13(11)4;1-12(2,3)10-6-5-9-8-14-13(4)11(9)7-10;1-12(2,3)10-6-5-9-8-13(4)14-11(9)7-10;1-11(2,3)9-5-4-8-7-12(13)14-10(8)6-9;1-7(2,3)6-4-5-10-8(6)9;1-7(2,3)6-4-5-8(9)10-6;1-6(2,3)5-8-4-7(9)10-5;1-6(2,3)4-7-5(9)10-8-4;1-5(2,3)4-6-8-9-7-4;/h3*5-7H,8H2,1-4H3;4-6,13H,7H2,1-3H3;4,9H,5H2,1-3H3;6,9H,4-5H2,1-3H3;9H,4H2,1-3H3;1-3H3,(H,7,8,9);1-3H3,(H,6,7,8,9);1H4. The van der Waals surface area contributed by atoms with Gasteiger partial charge in [0.05, 0.1) is 19.7 Å². The summed E-state index contributed by atoms with van der Waals surface area (Å²) >= 11 is 0. The molecule has 27 heteroatoms. The molecule has 0 amide bonds. The van der Waals surface area contributed by atoms with E-state index in [1.165, 1.54) is 49.9 Å². The lowest BCUT2D eigenvalue weighted by Gasteiger charge is -2.26. The van der Waals surface area contributed by atoms with Crippen molar-refractivity contribution in [3.8, 4) is 11.5 Å². The smallest absolute Gasteiger partial charge is 0.546 e. The molecule has 0 radical (unpaired) electrons. The van der Waals surface area contributed by atoms with Gasteiger partial charge in [-0.05, 0) is 131 Å². The minimum absolute atomic E-state index is 0. The van der Waals surface area contributed by atoms with E-state index in [-0.39, 0.29) is 76.1 Å². The van der Waals surface area contributed by atoms with Gasteiger partial charge in [-0.25, -0.2) is 4.79 Å². The molecular formula is C79H130B7N7O13. The summed E-state index contributed by atoms with van der Waals surface area (Å²) in [6, 6.07) is 26.3. The summed E-state index contributed by atoms with van der Waals surface area (Å²) in [5.41, 5.74) is 15.1. The molecule has 0 spiro atoms. The number of nitrogens with one attached hydrogen (secondary N) is 2. The largest absolute Gasteiger partial charge is 0.561 e. The van der Waals surface area contributed by atoms with Crippen molar-refractivity contribution in [2.75, 3.05) is 13.1 Å². The molecule has 7 aliphatic rings. The highest BCUT2D eigenvalue weighted by Gasteiger charge is 2.37. The molecule has 106 heavy (non-hydrogen) atoms. The van der Waals surface area contributed by atoms with Gasteiger partial charge in [-0.15, -0.1) is 10.2 Å². The molecule has 4 aromatic carbocycles. The first-order valence-electron chi connectivity index (χ1n) is 37.3. The predicted octanol–water partition coefficient (Wildman–Crippen LogP) is 14.3. The van der Waals surface area contributed by atoms with Gasteiger partial charge in [0.2, 0.25) is 0 Å². The van der Waals surface area contributed by atoms with Crippen LogP contribution in [0, 0.1) is 16.2 Å². The zero-order chi connectivity index (χ0) is 79.4. The van der Waals surface area contributed by atoms with Gasteiger partial charge in [-0.3, -0.25) is 14.5 Å². The fraction of sp³-hybridized carbons (Fsp3) is 0.620. The first-order valence-corrected chi connectivity index (χ1v) is 37.3. The molecule has 9 heterocycles. The number of aromatic amines is 2. The Hall–Kier alpha value is -6.17. The Bertz CT molecular complexity index is 3770. The van der Waals surface area contributed by atoms with E-state index in [1.807, 2.05) is 80.5 Å². The van der Waals surface area contributed by atoms with Gasteiger partial charge in [0.15, 0.2) is 17.5 Å². The van der Waals surface area contributed by atoms with E-state index in [9.17, 15) is 14.8 Å². The van der Waals surface area contributed by atoms with Gasteiger partial charge >= 0.3 is 55.0 Å². The van der Waals surface area contributed by atoms with Crippen LogP contribution in [-0.4, -0.2) is 125 Å². The van der Waals surface area contributed by atoms with Crippen LogP contribution in [-0.2, 0) is 81.6 Å². The maximum atomic E-state index is 10.5. The van der Waals surface area contributed by atoms with Crippen molar-refractivity contribution in [2.45, 2.75) is 292 Å². The molecule has 580 valence electrons. The zero-order valence-corrected chi connectivity index (χ0v) is 69.5. The molecule has 1 saturated heterocycles. The Morgan fingerprint density at radius 2 is 1.00 bits per heavy atom. The van der Waals surface area contributed by atoms with Gasteiger partial charge in [0, 0.05) is 35.3 Å². The van der Waals surface area contributed by atoms with Crippen LogP contribution in [0.4, 0.5) is 0 Å². The number of nitrogens with zero attached hydrogens (tertiary/aromatic N) is 5. The van der Waals surface area contributed by atoms with Crippen LogP contribution in [0.2, 0.25) is 26.8 Å². The molecule has 13 rings (SSSR count). The number of aliphatic imine (C=N–C) groups is 1. The van der Waals surface area contributed by atoms with Crippen LogP contribution in [0.5, 0.6) is 11.5 Å². The molecule has 2 aromatic heterocycles. The first-order chi connectivity index (χ1) is 48.0. The number of tetrazole rings is 1. The number of hydrogen-bond donors (Lipinski definition) is 6. The van der Waals surface area contributed by atoms with E-state index in [1.54, 1.807) is 0 Å². The minimum Gasteiger partial charge on any atom is -0.561 e. The second kappa shape index (κ2) is 37.5. The number of benzene rings is 4. The molecule has 7 aliphatic heterocycles. The number of hydrogen-bond acceptors (Lipinski definition) is 18. The maximum absolute atomic E-state index is 10.5. The van der Waals surface area contributed by atoms with Crippen molar-refractivity contribution in [2.24, 2.45) is 21.2 Å². The van der Waals surface area contributed by atoms with Crippen molar-refractivity contribution in [1.82, 2.24) is 30.8 Å². The SMILES string of the molecule is C.CB1Cc2ccc(C(C)(C)C)cc2O1.CB1OCc2cc(C(C)(C)C)ccc21.CB1OCc2ccc(C(C)(C)C)cc21.CC(C)(C)C1=CCOB1O.CC(C)(C)C1=NCB(O)O1.CC(C)(C)C1CCB(O)O1.CC(C)(C)c1ccc2c(c1)OB(O)C2.CC(C)(C)c1nn[nH]n1.CC(C)(C)c1noc(=O)[nH]1. The van der Waals surface area contributed by atoms with Gasteiger partial charge < -0.3 is 52.7 Å². The lowest BCUT2D eigenvalue weighted by molar-refractivity contribution is 0.0909. The third kappa shape index (κ3) is 29.0. The van der Waals surface area contributed by atoms with E-state index in [2.05, 4.69) is 246 Å². The molecule has 1 atom stereocenters. The molecule has 0 aliphatic carbocycles. The fourth-order valence-electron chi connectivity index (χ4n) is 11.5. The third-order valence-electron chi connectivity index (χ3n) is 18.3. The third-order valence-corrected chi connectivity index (χ3v) is 18.3. The number of fused-ring (bicyclic) bond motifs is 4.